The second-order valence-corrected chi connectivity index (χ2v) is 8.44. The summed E-state index contributed by atoms with van der Waals surface area (Å²) in [5.41, 5.74) is 0. The molecule has 5 nitrogen and oxygen atoms in total. The van der Waals surface area contributed by atoms with E-state index in [2.05, 4.69) is 10.6 Å². The van der Waals surface area contributed by atoms with E-state index in [1.807, 2.05) is 6.92 Å². The number of sulfone groups is 1. The minimum Gasteiger partial charge on any atom is -0.352 e. The number of piperidine rings is 1. The van der Waals surface area contributed by atoms with Gasteiger partial charge in [0.25, 0.3) is 0 Å². The Labute approximate surface area is 148 Å². The number of nitrogens with one attached hydrogen (secondary N) is 2. The number of benzene rings is 1. The maximum absolute atomic E-state index is 12.9. The molecule has 0 aromatic heterocycles. The molecular weight excluding hydrogens is 355 g/mol. The summed E-state index contributed by atoms with van der Waals surface area (Å²) in [6.45, 7) is 4.44. The normalized spacial score (nSPS) is 22.3. The van der Waals surface area contributed by atoms with Gasteiger partial charge in [-0.2, -0.15) is 0 Å². The summed E-state index contributed by atoms with van der Waals surface area (Å²) < 4.78 is 37.8. The van der Waals surface area contributed by atoms with Gasteiger partial charge in [-0.05, 0) is 57.5 Å². The molecule has 0 saturated carbocycles. The van der Waals surface area contributed by atoms with Crippen molar-refractivity contribution in [2.75, 3.05) is 6.54 Å². The van der Waals surface area contributed by atoms with Gasteiger partial charge in [-0.1, -0.05) is 0 Å². The molecule has 0 bridgehead atoms. The lowest BCUT2D eigenvalue weighted by Crippen LogP contribution is -2.52. The summed E-state index contributed by atoms with van der Waals surface area (Å²) in [5.74, 6) is -0.767. The molecule has 3 unspecified atom stereocenters. The summed E-state index contributed by atoms with van der Waals surface area (Å²) in [6.07, 6.45) is 1.76. The lowest BCUT2D eigenvalue weighted by molar-refractivity contribution is -0.122. The number of amides is 1. The smallest absolute Gasteiger partial charge is 0.221 e. The molecule has 2 rings (SSSR count). The molecule has 1 fully saturated rings. The maximum Gasteiger partial charge on any atom is 0.221 e. The molecule has 8 heteroatoms. The molecule has 2 N–H and O–H groups in total. The van der Waals surface area contributed by atoms with Gasteiger partial charge in [-0.3, -0.25) is 4.79 Å². The molecule has 3 atom stereocenters. The fraction of sp³-hybridized carbons (Fsp3) is 0.562. The van der Waals surface area contributed by atoms with E-state index in [9.17, 15) is 17.6 Å². The molecule has 1 amide bonds. The van der Waals surface area contributed by atoms with Crippen molar-refractivity contribution in [3.8, 4) is 0 Å². The summed E-state index contributed by atoms with van der Waals surface area (Å²) in [6, 6.07) is 4.87. The van der Waals surface area contributed by atoms with Gasteiger partial charge in [0.15, 0.2) is 9.84 Å². The predicted molar refractivity (Wildman–Crippen MR) is 93.5 cm³/mol. The molecule has 0 aliphatic carbocycles. The van der Waals surface area contributed by atoms with Crippen molar-refractivity contribution in [1.29, 1.82) is 0 Å². The van der Waals surface area contributed by atoms with Gasteiger partial charge in [-0.15, -0.1) is 12.4 Å². The lowest BCUT2D eigenvalue weighted by Gasteiger charge is -2.31. The fourth-order valence-corrected chi connectivity index (χ4v) is 4.09. The fourth-order valence-electron chi connectivity index (χ4n) is 2.73. The highest BCUT2D eigenvalue weighted by atomic mass is 35.5. The molecular formula is C16H24ClFN2O3S. The number of carbonyl (C=O) groups is 1. The van der Waals surface area contributed by atoms with Crippen LogP contribution in [0.15, 0.2) is 29.2 Å². The highest BCUT2D eigenvalue weighted by Gasteiger charge is 2.28. The lowest BCUT2D eigenvalue weighted by atomic mass is 10.00. The van der Waals surface area contributed by atoms with Gasteiger partial charge in [-0.25, -0.2) is 12.8 Å². The number of hydrogen-bond acceptors (Lipinski definition) is 4. The van der Waals surface area contributed by atoms with Gasteiger partial charge in [0.05, 0.1) is 10.1 Å². The van der Waals surface area contributed by atoms with Crippen molar-refractivity contribution in [1.82, 2.24) is 10.6 Å². The molecule has 1 heterocycles. The van der Waals surface area contributed by atoms with Crippen molar-refractivity contribution in [3.05, 3.63) is 30.1 Å². The van der Waals surface area contributed by atoms with Crippen LogP contribution >= 0.6 is 12.4 Å². The molecule has 1 aliphatic heterocycles. The highest BCUT2D eigenvalue weighted by molar-refractivity contribution is 7.92. The maximum atomic E-state index is 12.9. The first-order chi connectivity index (χ1) is 10.8. The topological polar surface area (TPSA) is 75.3 Å². The van der Waals surface area contributed by atoms with Crippen LogP contribution in [0.2, 0.25) is 0 Å². The van der Waals surface area contributed by atoms with E-state index < -0.39 is 20.9 Å². The van der Waals surface area contributed by atoms with Crippen molar-refractivity contribution in [2.45, 2.75) is 55.3 Å². The first-order valence-electron chi connectivity index (χ1n) is 7.83. The first-order valence-corrected chi connectivity index (χ1v) is 9.37. The number of halogens is 2. The van der Waals surface area contributed by atoms with Crippen molar-refractivity contribution in [2.24, 2.45) is 0 Å². The van der Waals surface area contributed by atoms with E-state index in [-0.39, 0.29) is 41.7 Å². The zero-order valence-corrected chi connectivity index (χ0v) is 15.4. The Morgan fingerprint density at radius 1 is 1.38 bits per heavy atom. The molecule has 0 radical (unpaired) electrons. The first kappa shape index (κ1) is 20.9. The molecule has 0 spiro atoms. The largest absolute Gasteiger partial charge is 0.352 e. The molecule has 1 saturated heterocycles. The van der Waals surface area contributed by atoms with Gasteiger partial charge in [0, 0.05) is 18.5 Å². The summed E-state index contributed by atoms with van der Waals surface area (Å²) >= 11 is 0. The second-order valence-electron chi connectivity index (χ2n) is 6.07. The van der Waals surface area contributed by atoms with E-state index >= 15 is 0 Å². The number of carbonyl (C=O) groups excluding carboxylic acids is 1. The van der Waals surface area contributed by atoms with E-state index in [1.54, 1.807) is 0 Å². The van der Waals surface area contributed by atoms with Crippen LogP contribution in [0.3, 0.4) is 0 Å². The van der Waals surface area contributed by atoms with Crippen LogP contribution in [0.5, 0.6) is 0 Å². The van der Waals surface area contributed by atoms with Crippen molar-refractivity contribution < 1.29 is 17.6 Å². The molecule has 136 valence electrons. The third kappa shape index (κ3) is 5.16. The van der Waals surface area contributed by atoms with Gasteiger partial charge >= 0.3 is 0 Å². The quantitative estimate of drug-likeness (QED) is 0.769. The molecule has 1 aromatic carbocycles. The Hall–Kier alpha value is -1.18. The minimum atomic E-state index is -3.65. The zero-order chi connectivity index (χ0) is 17.0. The van der Waals surface area contributed by atoms with Crippen molar-refractivity contribution >= 4 is 28.2 Å². The highest BCUT2D eigenvalue weighted by Crippen LogP contribution is 2.19. The van der Waals surface area contributed by atoms with Gasteiger partial charge < -0.3 is 10.6 Å². The van der Waals surface area contributed by atoms with Crippen LogP contribution in [0.1, 0.15) is 33.1 Å². The van der Waals surface area contributed by atoms with E-state index in [1.165, 1.54) is 19.1 Å². The standard InChI is InChI=1S/C16H23FN2O3S.ClH/c1-11(23(21,22)14-7-5-13(17)6-8-14)10-16(20)19-15-4-3-9-18-12(15)2;/h5-8,11-12,15,18H,3-4,9-10H2,1-2H3,(H,19,20);1H. The summed E-state index contributed by atoms with van der Waals surface area (Å²) in [4.78, 5) is 12.2. The predicted octanol–water partition coefficient (Wildman–Crippen LogP) is 2.06. The van der Waals surface area contributed by atoms with Crippen molar-refractivity contribution in [3.63, 3.8) is 0 Å². The number of hydrogen-bond donors (Lipinski definition) is 2. The number of rotatable bonds is 5. The second kappa shape index (κ2) is 8.78. The van der Waals surface area contributed by atoms with E-state index in [0.29, 0.717) is 0 Å². The summed E-state index contributed by atoms with van der Waals surface area (Å²) in [7, 11) is -3.65. The Morgan fingerprint density at radius 3 is 2.58 bits per heavy atom. The van der Waals surface area contributed by atoms with Crippen LogP contribution in [0.25, 0.3) is 0 Å². The zero-order valence-electron chi connectivity index (χ0n) is 13.8. The molecule has 24 heavy (non-hydrogen) atoms. The van der Waals surface area contributed by atoms with Crippen LogP contribution in [-0.2, 0) is 14.6 Å². The van der Waals surface area contributed by atoms with Crippen LogP contribution in [0, 0.1) is 5.82 Å². The van der Waals surface area contributed by atoms with Gasteiger partial charge in [0.2, 0.25) is 5.91 Å². The average Bonchev–Trinajstić information content (AvgIpc) is 2.50. The Balaban J connectivity index is 0.00000288. The molecule has 1 aliphatic rings. The Bertz CT molecular complexity index is 652. The van der Waals surface area contributed by atoms with Crippen LogP contribution in [-0.4, -0.2) is 38.2 Å². The van der Waals surface area contributed by atoms with Crippen LogP contribution < -0.4 is 10.6 Å². The summed E-state index contributed by atoms with van der Waals surface area (Å²) in [5, 5.41) is 5.33. The minimum absolute atomic E-state index is 0. The van der Waals surface area contributed by atoms with E-state index in [0.717, 1.165) is 31.5 Å². The molecule has 1 aromatic rings. The Morgan fingerprint density at radius 2 is 2.00 bits per heavy atom. The third-order valence-electron chi connectivity index (χ3n) is 4.25. The van der Waals surface area contributed by atoms with E-state index in [4.69, 9.17) is 0 Å². The average molecular weight is 379 g/mol. The SMILES string of the molecule is CC1NCCCC1NC(=O)CC(C)S(=O)(=O)c1ccc(F)cc1.Cl. The van der Waals surface area contributed by atoms with Crippen LogP contribution in [0.4, 0.5) is 4.39 Å². The Kier molecular flexibility index (Phi) is 7.63. The monoisotopic (exact) mass is 378 g/mol. The third-order valence-corrected chi connectivity index (χ3v) is 6.41. The van der Waals surface area contributed by atoms with Gasteiger partial charge in [0.1, 0.15) is 5.82 Å².